The van der Waals surface area contributed by atoms with Gasteiger partial charge in [0.15, 0.2) is 0 Å². The Morgan fingerprint density at radius 2 is 1.62 bits per heavy atom. The van der Waals surface area contributed by atoms with Crippen LogP contribution >= 0.6 is 0 Å². The number of ether oxygens (including phenoxy) is 1. The highest BCUT2D eigenvalue weighted by molar-refractivity contribution is 5.97. The molecule has 2 aromatic carbocycles. The normalized spacial score (nSPS) is 23.2. The molecule has 2 unspecified atom stereocenters. The Kier molecular flexibility index (Phi) is 3.78. The first kappa shape index (κ1) is 14.9. The van der Waals surface area contributed by atoms with Gasteiger partial charge in [0.25, 0.3) is 11.8 Å². The maximum absolute atomic E-state index is 12.7. The Hall–Kier alpha value is -2.66. The summed E-state index contributed by atoms with van der Waals surface area (Å²) in [7, 11) is 0. The lowest BCUT2D eigenvalue weighted by Gasteiger charge is -2.36. The fourth-order valence-electron chi connectivity index (χ4n) is 3.45. The van der Waals surface area contributed by atoms with Crippen LogP contribution in [0.5, 0.6) is 0 Å². The minimum Gasteiger partial charge on any atom is -0.364 e. The van der Waals surface area contributed by atoms with Crippen molar-refractivity contribution in [2.45, 2.75) is 12.1 Å². The fourth-order valence-corrected chi connectivity index (χ4v) is 3.45. The molecule has 2 aliphatic rings. The minimum atomic E-state index is -0.143. The number of anilines is 1. The van der Waals surface area contributed by atoms with Crippen LogP contribution < -0.4 is 4.90 Å². The van der Waals surface area contributed by atoms with Gasteiger partial charge in [-0.25, -0.2) is 0 Å². The molecule has 2 atom stereocenters. The molecule has 0 aromatic heterocycles. The van der Waals surface area contributed by atoms with Gasteiger partial charge in [-0.05, 0) is 24.3 Å². The van der Waals surface area contributed by atoms with Crippen molar-refractivity contribution >= 4 is 17.5 Å². The summed E-state index contributed by atoms with van der Waals surface area (Å²) in [6, 6.07) is 18.7. The number of morpholine rings is 1. The second-order valence-electron chi connectivity index (χ2n) is 6.09. The van der Waals surface area contributed by atoms with Crippen molar-refractivity contribution in [2.75, 3.05) is 24.6 Å². The average Bonchev–Trinajstić information content (AvgIpc) is 3.06. The van der Waals surface area contributed by atoms with Crippen molar-refractivity contribution in [3.8, 4) is 0 Å². The van der Waals surface area contributed by atoms with Crippen LogP contribution in [0.4, 0.5) is 5.69 Å². The van der Waals surface area contributed by atoms with Crippen LogP contribution in [-0.4, -0.2) is 48.6 Å². The van der Waals surface area contributed by atoms with Gasteiger partial charge in [0.05, 0.1) is 12.1 Å². The molecular formula is C19H18N2O3. The first-order chi connectivity index (χ1) is 11.7. The van der Waals surface area contributed by atoms with E-state index >= 15 is 0 Å². The third kappa shape index (κ3) is 2.57. The predicted molar refractivity (Wildman–Crippen MR) is 89.8 cm³/mol. The number of hydrogen-bond acceptors (Lipinski definition) is 3. The summed E-state index contributed by atoms with van der Waals surface area (Å²) >= 11 is 0. The summed E-state index contributed by atoms with van der Waals surface area (Å²) in [5.41, 5.74) is 1.52. The number of fused-ring (bicyclic) bond motifs is 1. The molecule has 24 heavy (non-hydrogen) atoms. The van der Waals surface area contributed by atoms with Crippen molar-refractivity contribution < 1.29 is 14.3 Å². The first-order valence-electron chi connectivity index (χ1n) is 8.07. The molecule has 2 heterocycles. The van der Waals surface area contributed by atoms with Gasteiger partial charge < -0.3 is 14.5 Å². The molecule has 5 nitrogen and oxygen atoms in total. The maximum atomic E-state index is 12.7. The number of carbonyl (C=O) groups is 2. The third-order valence-corrected chi connectivity index (χ3v) is 4.60. The molecule has 2 aromatic rings. The van der Waals surface area contributed by atoms with Crippen molar-refractivity contribution in [3.63, 3.8) is 0 Å². The number of rotatable bonds is 2. The lowest BCUT2D eigenvalue weighted by Crippen LogP contribution is -2.54. The van der Waals surface area contributed by atoms with Crippen LogP contribution in [0.3, 0.4) is 0 Å². The number of carbonyl (C=O) groups excluding carboxylic acids is 2. The lowest BCUT2D eigenvalue weighted by atomic mass is 10.1. The fraction of sp³-hybridized carbons (Fsp3) is 0.263. The smallest absolute Gasteiger partial charge is 0.254 e. The summed E-state index contributed by atoms with van der Waals surface area (Å²) < 4.78 is 5.70. The SMILES string of the molecule is O=C(c1ccccc1)N1CC2OCC(=O)N(c3ccccc3)C2C1. The number of amides is 2. The molecule has 4 rings (SSSR count). The number of para-hydroxylation sites is 1. The Morgan fingerprint density at radius 1 is 0.958 bits per heavy atom. The Balaban J connectivity index is 1.59. The molecule has 2 amide bonds. The van der Waals surface area contributed by atoms with Gasteiger partial charge in [-0.2, -0.15) is 0 Å². The van der Waals surface area contributed by atoms with E-state index in [1.54, 1.807) is 9.80 Å². The van der Waals surface area contributed by atoms with Crippen LogP contribution in [0.15, 0.2) is 60.7 Å². The van der Waals surface area contributed by atoms with Gasteiger partial charge in [0, 0.05) is 24.3 Å². The summed E-state index contributed by atoms with van der Waals surface area (Å²) in [5, 5.41) is 0. The number of benzene rings is 2. The van der Waals surface area contributed by atoms with E-state index < -0.39 is 0 Å². The molecule has 0 bridgehead atoms. The van der Waals surface area contributed by atoms with Crippen molar-refractivity contribution in [3.05, 3.63) is 66.2 Å². The molecular weight excluding hydrogens is 304 g/mol. The minimum absolute atomic E-state index is 0.0194. The van der Waals surface area contributed by atoms with E-state index in [0.29, 0.717) is 18.7 Å². The van der Waals surface area contributed by atoms with E-state index in [1.165, 1.54) is 0 Å². The Morgan fingerprint density at radius 3 is 2.33 bits per heavy atom. The van der Waals surface area contributed by atoms with Crippen LogP contribution in [-0.2, 0) is 9.53 Å². The molecule has 2 saturated heterocycles. The van der Waals surface area contributed by atoms with Gasteiger partial charge in [-0.1, -0.05) is 36.4 Å². The average molecular weight is 322 g/mol. The van der Waals surface area contributed by atoms with Crippen molar-refractivity contribution in [1.29, 1.82) is 0 Å². The number of nitrogens with zero attached hydrogens (tertiary/aromatic N) is 2. The second-order valence-corrected chi connectivity index (χ2v) is 6.09. The van der Waals surface area contributed by atoms with Gasteiger partial charge in [-0.3, -0.25) is 9.59 Å². The summed E-state index contributed by atoms with van der Waals surface area (Å²) in [5.74, 6) is -0.0782. The monoisotopic (exact) mass is 322 g/mol. The van der Waals surface area contributed by atoms with E-state index in [4.69, 9.17) is 4.74 Å². The van der Waals surface area contributed by atoms with E-state index in [9.17, 15) is 9.59 Å². The van der Waals surface area contributed by atoms with Crippen LogP contribution in [0, 0.1) is 0 Å². The molecule has 2 fully saturated rings. The largest absolute Gasteiger partial charge is 0.364 e. The molecule has 2 aliphatic heterocycles. The molecule has 0 aliphatic carbocycles. The zero-order valence-electron chi connectivity index (χ0n) is 13.2. The van der Waals surface area contributed by atoms with E-state index in [-0.39, 0.29) is 30.6 Å². The standard InChI is InChI=1S/C19H18N2O3/c22-18-13-24-17-12-20(19(23)14-7-3-1-4-8-14)11-16(17)21(18)15-9-5-2-6-10-15/h1-10,16-17H,11-13H2. The van der Waals surface area contributed by atoms with E-state index in [0.717, 1.165) is 5.69 Å². The van der Waals surface area contributed by atoms with Crippen LogP contribution in [0.1, 0.15) is 10.4 Å². The molecule has 0 N–H and O–H groups in total. The summed E-state index contributed by atoms with van der Waals surface area (Å²) in [4.78, 5) is 28.6. The van der Waals surface area contributed by atoms with E-state index in [1.807, 2.05) is 60.7 Å². The molecule has 0 radical (unpaired) electrons. The predicted octanol–water partition coefficient (Wildman–Crippen LogP) is 1.94. The highest BCUT2D eigenvalue weighted by Gasteiger charge is 2.45. The quantitative estimate of drug-likeness (QED) is 0.849. The molecule has 5 heteroatoms. The summed E-state index contributed by atoms with van der Waals surface area (Å²) in [6.07, 6.45) is -0.143. The number of hydrogen-bond donors (Lipinski definition) is 0. The zero-order valence-corrected chi connectivity index (χ0v) is 13.2. The lowest BCUT2D eigenvalue weighted by molar-refractivity contribution is -0.130. The third-order valence-electron chi connectivity index (χ3n) is 4.60. The van der Waals surface area contributed by atoms with Gasteiger partial charge in [0.1, 0.15) is 6.61 Å². The van der Waals surface area contributed by atoms with Crippen LogP contribution in [0.25, 0.3) is 0 Å². The topological polar surface area (TPSA) is 49.9 Å². The van der Waals surface area contributed by atoms with Crippen molar-refractivity contribution in [2.24, 2.45) is 0 Å². The Labute approximate surface area is 140 Å². The zero-order chi connectivity index (χ0) is 16.5. The van der Waals surface area contributed by atoms with Gasteiger partial charge >= 0.3 is 0 Å². The maximum Gasteiger partial charge on any atom is 0.254 e. The highest BCUT2D eigenvalue weighted by atomic mass is 16.5. The van der Waals surface area contributed by atoms with Gasteiger partial charge in [-0.15, -0.1) is 0 Å². The summed E-state index contributed by atoms with van der Waals surface area (Å²) in [6.45, 7) is 1.05. The molecule has 0 saturated carbocycles. The first-order valence-corrected chi connectivity index (χ1v) is 8.07. The molecule has 0 spiro atoms. The van der Waals surface area contributed by atoms with E-state index in [2.05, 4.69) is 0 Å². The Bertz CT molecular complexity index is 748. The van der Waals surface area contributed by atoms with Crippen LogP contribution in [0.2, 0.25) is 0 Å². The molecule has 122 valence electrons. The van der Waals surface area contributed by atoms with Crippen molar-refractivity contribution in [1.82, 2.24) is 4.90 Å². The number of likely N-dealkylation sites (tertiary alicyclic amines) is 1. The van der Waals surface area contributed by atoms with Gasteiger partial charge in [0.2, 0.25) is 0 Å². The second kappa shape index (κ2) is 6.09. The highest BCUT2D eigenvalue weighted by Crippen LogP contribution is 2.29.